The van der Waals surface area contributed by atoms with Crippen LogP contribution >= 0.6 is 15.9 Å². The molecule has 1 aromatic carbocycles. The van der Waals surface area contributed by atoms with E-state index in [-0.39, 0.29) is 16.6 Å². The van der Waals surface area contributed by atoms with E-state index in [1.807, 2.05) is 11.5 Å². The van der Waals surface area contributed by atoms with Gasteiger partial charge in [0.15, 0.2) is 0 Å². The van der Waals surface area contributed by atoms with Gasteiger partial charge in [0.2, 0.25) is 0 Å². The Morgan fingerprint density at radius 3 is 2.86 bits per heavy atom. The Hall–Kier alpha value is -1.27. The number of aryl methyl sites for hydroxylation is 1. The average Bonchev–Trinajstić information content (AvgIpc) is 3.23. The molecule has 0 aliphatic heterocycles. The van der Waals surface area contributed by atoms with Crippen LogP contribution in [-0.4, -0.2) is 15.6 Å². The summed E-state index contributed by atoms with van der Waals surface area (Å²) in [6.45, 7) is 2.65. The fourth-order valence-electron chi connectivity index (χ4n) is 2.28. The van der Waals surface area contributed by atoms with E-state index >= 15 is 0 Å². The summed E-state index contributed by atoms with van der Waals surface area (Å²) < 4.78 is 30.1. The molecule has 2 aromatic rings. The van der Waals surface area contributed by atoms with Gasteiger partial charge in [-0.2, -0.15) is 0 Å². The van der Waals surface area contributed by atoms with Gasteiger partial charge in [-0.1, -0.05) is 0 Å². The molecule has 0 bridgehead atoms. The monoisotopic (exact) mass is 355 g/mol. The molecule has 0 atom stereocenters. The molecule has 1 heterocycles. The number of imidazole rings is 1. The number of aromatic nitrogens is 2. The van der Waals surface area contributed by atoms with Gasteiger partial charge in [-0.15, -0.1) is 0 Å². The molecule has 6 heteroatoms. The Morgan fingerprint density at radius 2 is 2.14 bits per heavy atom. The molecule has 0 saturated heterocycles. The van der Waals surface area contributed by atoms with Gasteiger partial charge in [0.1, 0.15) is 17.5 Å². The summed E-state index contributed by atoms with van der Waals surface area (Å²) in [7, 11) is 0. The summed E-state index contributed by atoms with van der Waals surface area (Å²) in [6.07, 6.45) is 4.16. The zero-order valence-corrected chi connectivity index (χ0v) is 13.3. The number of nitrogens with zero attached hydrogens (tertiary/aromatic N) is 2. The molecule has 0 spiro atoms. The van der Waals surface area contributed by atoms with Crippen molar-refractivity contribution in [3.63, 3.8) is 0 Å². The van der Waals surface area contributed by atoms with Crippen LogP contribution in [0.4, 0.5) is 8.78 Å². The standard InChI is InChI=1S/C15H16BrF2N3/c1-9-19-6-11(7-20-10-2-3-10)21(9)8-12-14(17)5-4-13(16)15(12)18/h4-6,10,20H,2-3,7-8H2,1H3. The summed E-state index contributed by atoms with van der Waals surface area (Å²) in [4.78, 5) is 4.26. The van der Waals surface area contributed by atoms with Gasteiger partial charge < -0.3 is 9.88 Å². The number of hydrogen-bond donors (Lipinski definition) is 1. The van der Waals surface area contributed by atoms with Gasteiger partial charge in [-0.05, 0) is 47.8 Å². The predicted molar refractivity (Wildman–Crippen MR) is 80.0 cm³/mol. The molecule has 1 N–H and O–H groups in total. The van der Waals surface area contributed by atoms with Crippen LogP contribution in [0.3, 0.4) is 0 Å². The van der Waals surface area contributed by atoms with Gasteiger partial charge in [-0.3, -0.25) is 0 Å². The van der Waals surface area contributed by atoms with E-state index in [2.05, 4.69) is 26.2 Å². The van der Waals surface area contributed by atoms with Crippen LogP contribution in [0.5, 0.6) is 0 Å². The van der Waals surface area contributed by atoms with Crippen molar-refractivity contribution >= 4 is 15.9 Å². The lowest BCUT2D eigenvalue weighted by Gasteiger charge is -2.13. The largest absolute Gasteiger partial charge is 0.326 e. The molecule has 112 valence electrons. The molecule has 0 amide bonds. The Kier molecular flexibility index (Phi) is 4.08. The van der Waals surface area contributed by atoms with Crippen molar-refractivity contribution in [1.82, 2.24) is 14.9 Å². The lowest BCUT2D eigenvalue weighted by atomic mass is 10.2. The van der Waals surface area contributed by atoms with Gasteiger partial charge in [0.25, 0.3) is 0 Å². The van der Waals surface area contributed by atoms with E-state index in [1.54, 1.807) is 6.20 Å². The third-order valence-corrected chi connectivity index (χ3v) is 4.35. The number of nitrogens with one attached hydrogen (secondary N) is 1. The molecule has 1 aliphatic rings. The summed E-state index contributed by atoms with van der Waals surface area (Å²) in [5.41, 5.74) is 0.997. The van der Waals surface area contributed by atoms with Crippen LogP contribution in [0.2, 0.25) is 0 Å². The van der Waals surface area contributed by atoms with Gasteiger partial charge in [-0.25, -0.2) is 13.8 Å². The summed E-state index contributed by atoms with van der Waals surface area (Å²) in [5.74, 6) is -0.338. The van der Waals surface area contributed by atoms with Crippen LogP contribution in [0.1, 0.15) is 29.9 Å². The molecular formula is C15H16BrF2N3. The van der Waals surface area contributed by atoms with E-state index < -0.39 is 11.6 Å². The predicted octanol–water partition coefficient (Wildman–Crippen LogP) is 3.53. The van der Waals surface area contributed by atoms with E-state index in [0.717, 1.165) is 11.5 Å². The van der Waals surface area contributed by atoms with Crippen LogP contribution in [-0.2, 0) is 13.1 Å². The quantitative estimate of drug-likeness (QED) is 0.831. The zero-order chi connectivity index (χ0) is 15.0. The Balaban J connectivity index is 1.87. The first kappa shape index (κ1) is 14.7. The van der Waals surface area contributed by atoms with Crippen LogP contribution < -0.4 is 5.32 Å². The fourth-order valence-corrected chi connectivity index (χ4v) is 2.65. The Bertz CT molecular complexity index is 665. The topological polar surface area (TPSA) is 29.9 Å². The van der Waals surface area contributed by atoms with Crippen molar-refractivity contribution in [2.24, 2.45) is 0 Å². The second kappa shape index (κ2) is 5.85. The number of halogens is 3. The lowest BCUT2D eigenvalue weighted by molar-refractivity contribution is 0.531. The number of rotatable bonds is 5. The Labute approximate surface area is 130 Å². The minimum absolute atomic E-state index is 0.0538. The highest BCUT2D eigenvalue weighted by Gasteiger charge is 2.21. The molecule has 1 aromatic heterocycles. The SMILES string of the molecule is Cc1ncc(CNC2CC2)n1Cc1c(F)ccc(Br)c1F. The maximum atomic E-state index is 14.1. The van der Waals surface area contributed by atoms with E-state index in [1.165, 1.54) is 25.0 Å². The number of benzene rings is 1. The third-order valence-electron chi connectivity index (χ3n) is 3.74. The smallest absolute Gasteiger partial charge is 0.145 e. The second-order valence-corrected chi connectivity index (χ2v) is 6.21. The Morgan fingerprint density at radius 1 is 1.38 bits per heavy atom. The summed E-state index contributed by atoms with van der Waals surface area (Å²) in [5, 5.41) is 3.40. The zero-order valence-electron chi connectivity index (χ0n) is 11.7. The van der Waals surface area contributed by atoms with Gasteiger partial charge >= 0.3 is 0 Å². The molecule has 3 nitrogen and oxygen atoms in total. The van der Waals surface area contributed by atoms with Crippen molar-refractivity contribution in [2.75, 3.05) is 0 Å². The van der Waals surface area contributed by atoms with Crippen molar-refractivity contribution in [3.05, 3.63) is 51.5 Å². The van der Waals surface area contributed by atoms with Crippen LogP contribution in [0.25, 0.3) is 0 Å². The normalized spacial score (nSPS) is 14.7. The number of hydrogen-bond acceptors (Lipinski definition) is 2. The first-order valence-corrected chi connectivity index (χ1v) is 7.72. The molecule has 0 unspecified atom stereocenters. The third kappa shape index (κ3) is 3.16. The maximum absolute atomic E-state index is 14.1. The van der Waals surface area contributed by atoms with Crippen LogP contribution in [0, 0.1) is 18.6 Å². The fraction of sp³-hybridized carbons (Fsp3) is 0.400. The maximum Gasteiger partial charge on any atom is 0.145 e. The first-order valence-electron chi connectivity index (χ1n) is 6.93. The highest BCUT2D eigenvalue weighted by molar-refractivity contribution is 9.10. The lowest BCUT2D eigenvalue weighted by Crippen LogP contribution is -2.19. The van der Waals surface area contributed by atoms with E-state index in [9.17, 15) is 8.78 Å². The minimum Gasteiger partial charge on any atom is -0.326 e. The first-order chi connectivity index (χ1) is 10.1. The molecule has 0 radical (unpaired) electrons. The second-order valence-electron chi connectivity index (χ2n) is 5.36. The molecule has 1 saturated carbocycles. The molecule has 3 rings (SSSR count). The van der Waals surface area contributed by atoms with E-state index in [0.29, 0.717) is 12.6 Å². The van der Waals surface area contributed by atoms with Crippen molar-refractivity contribution < 1.29 is 8.78 Å². The van der Waals surface area contributed by atoms with Crippen molar-refractivity contribution in [2.45, 2.75) is 38.9 Å². The van der Waals surface area contributed by atoms with Gasteiger partial charge in [0, 0.05) is 24.3 Å². The molecule has 1 fully saturated rings. The summed E-state index contributed by atoms with van der Waals surface area (Å²) in [6, 6.07) is 3.23. The molecule has 1 aliphatic carbocycles. The van der Waals surface area contributed by atoms with E-state index in [4.69, 9.17) is 0 Å². The highest BCUT2D eigenvalue weighted by Crippen LogP contribution is 2.24. The summed E-state index contributed by atoms with van der Waals surface area (Å²) >= 11 is 3.10. The van der Waals surface area contributed by atoms with Crippen molar-refractivity contribution in [3.8, 4) is 0 Å². The highest BCUT2D eigenvalue weighted by atomic mass is 79.9. The van der Waals surface area contributed by atoms with Crippen molar-refractivity contribution in [1.29, 1.82) is 0 Å². The molecular weight excluding hydrogens is 340 g/mol. The molecule has 21 heavy (non-hydrogen) atoms. The average molecular weight is 356 g/mol. The minimum atomic E-state index is -0.552. The van der Waals surface area contributed by atoms with Gasteiger partial charge in [0.05, 0.1) is 16.7 Å². The van der Waals surface area contributed by atoms with Crippen LogP contribution in [0.15, 0.2) is 22.8 Å².